The summed E-state index contributed by atoms with van der Waals surface area (Å²) < 4.78 is 5.11. The van der Waals surface area contributed by atoms with Crippen molar-refractivity contribution in [2.45, 2.75) is 27.2 Å². The molecule has 8 nitrogen and oxygen atoms in total. The molecule has 0 fully saturated rings. The number of aryl methyl sites for hydroxylation is 1. The molecule has 0 radical (unpaired) electrons. The van der Waals surface area contributed by atoms with E-state index in [9.17, 15) is 14.4 Å². The number of nitrogens with one attached hydrogen (secondary N) is 1. The molecule has 0 spiro atoms. The predicted molar refractivity (Wildman–Crippen MR) is 113 cm³/mol. The molecule has 0 unspecified atom stereocenters. The topological polar surface area (TPSA) is 115 Å². The van der Waals surface area contributed by atoms with Crippen molar-refractivity contribution in [3.63, 3.8) is 0 Å². The highest BCUT2D eigenvalue weighted by Crippen LogP contribution is 2.23. The van der Waals surface area contributed by atoms with Gasteiger partial charge in [-0.3, -0.25) is 9.59 Å². The fourth-order valence-electron chi connectivity index (χ4n) is 2.50. The second kappa shape index (κ2) is 10.0. The Morgan fingerprint density at radius 3 is 2.52 bits per heavy atom. The van der Waals surface area contributed by atoms with Crippen molar-refractivity contribution in [3.8, 4) is 0 Å². The number of esters is 1. The van der Waals surface area contributed by atoms with Crippen molar-refractivity contribution in [1.29, 1.82) is 0 Å². The summed E-state index contributed by atoms with van der Waals surface area (Å²) >= 11 is 1.04. The summed E-state index contributed by atoms with van der Waals surface area (Å²) in [5.74, 6) is -1.17. The highest BCUT2D eigenvalue weighted by molar-refractivity contribution is 7.17. The molecule has 2 aromatic rings. The summed E-state index contributed by atoms with van der Waals surface area (Å²) in [6.07, 6.45) is 0.588. The number of amides is 2. The molecule has 0 atom stereocenters. The van der Waals surface area contributed by atoms with Crippen LogP contribution in [0.4, 0.5) is 10.8 Å². The monoisotopic (exact) mass is 418 g/mol. The zero-order valence-corrected chi connectivity index (χ0v) is 17.8. The van der Waals surface area contributed by atoms with Crippen LogP contribution in [0, 0.1) is 12.8 Å². The Morgan fingerprint density at radius 2 is 1.90 bits per heavy atom. The van der Waals surface area contributed by atoms with Gasteiger partial charge in [-0.2, -0.15) is 0 Å². The number of nitrogen functional groups attached to an aromatic ring is 1. The van der Waals surface area contributed by atoms with Gasteiger partial charge in [0, 0.05) is 12.7 Å². The number of carbonyl (C=O) groups excluding carboxylic acids is 3. The highest BCUT2D eigenvalue weighted by Gasteiger charge is 2.21. The lowest BCUT2D eigenvalue weighted by Crippen LogP contribution is -2.37. The Balaban J connectivity index is 1.85. The quantitative estimate of drug-likeness (QED) is 0.637. The Labute approximate surface area is 174 Å². The summed E-state index contributed by atoms with van der Waals surface area (Å²) in [7, 11) is 1.47. The van der Waals surface area contributed by atoms with E-state index in [2.05, 4.69) is 10.3 Å². The Bertz CT molecular complexity index is 877. The van der Waals surface area contributed by atoms with E-state index >= 15 is 0 Å². The average Bonchev–Trinajstić information content (AvgIpc) is 3.00. The van der Waals surface area contributed by atoms with E-state index in [0.29, 0.717) is 28.6 Å². The molecule has 1 aromatic heterocycles. The van der Waals surface area contributed by atoms with Gasteiger partial charge >= 0.3 is 5.97 Å². The van der Waals surface area contributed by atoms with E-state index in [-0.39, 0.29) is 17.6 Å². The second-order valence-corrected chi connectivity index (χ2v) is 8.20. The summed E-state index contributed by atoms with van der Waals surface area (Å²) in [5.41, 5.74) is 8.00. The predicted octanol–water partition coefficient (Wildman–Crippen LogP) is 2.49. The van der Waals surface area contributed by atoms with E-state index in [4.69, 9.17) is 10.5 Å². The Hall–Kier alpha value is -2.94. The van der Waals surface area contributed by atoms with Crippen molar-refractivity contribution in [3.05, 3.63) is 40.4 Å². The molecule has 2 rings (SSSR count). The zero-order chi connectivity index (χ0) is 21.6. The van der Waals surface area contributed by atoms with Gasteiger partial charge in [0.15, 0.2) is 11.7 Å². The van der Waals surface area contributed by atoms with Crippen LogP contribution >= 0.6 is 11.3 Å². The van der Waals surface area contributed by atoms with Crippen LogP contribution in [0.2, 0.25) is 0 Å². The van der Waals surface area contributed by atoms with Gasteiger partial charge in [0.25, 0.3) is 5.91 Å². The van der Waals surface area contributed by atoms with Gasteiger partial charge in [0.2, 0.25) is 5.91 Å². The maximum Gasteiger partial charge on any atom is 0.350 e. The lowest BCUT2D eigenvalue weighted by molar-refractivity contribution is -0.136. The number of carbonyl (C=O) groups is 3. The number of likely N-dealkylation sites (N-methyl/N-ethyl adjacent to an activating group) is 1. The van der Waals surface area contributed by atoms with Gasteiger partial charge in [-0.15, -0.1) is 0 Å². The van der Waals surface area contributed by atoms with Crippen LogP contribution in [0.5, 0.6) is 0 Å². The van der Waals surface area contributed by atoms with Crippen molar-refractivity contribution in [2.24, 2.45) is 5.92 Å². The van der Waals surface area contributed by atoms with Crippen LogP contribution in [0.25, 0.3) is 0 Å². The Morgan fingerprint density at radius 1 is 1.24 bits per heavy atom. The minimum Gasteiger partial charge on any atom is -0.451 e. The molecular weight excluding hydrogens is 392 g/mol. The first-order valence-corrected chi connectivity index (χ1v) is 10.00. The van der Waals surface area contributed by atoms with E-state index in [1.807, 2.05) is 32.9 Å². The number of anilines is 2. The SMILES string of the molecule is Cc1ccc(NC(=O)CN(C)C(=O)COC(=O)c2sc(N)nc2CC(C)C)cc1. The number of thiazole rings is 1. The summed E-state index contributed by atoms with van der Waals surface area (Å²) in [6, 6.07) is 7.33. The third kappa shape index (κ3) is 6.86. The average molecular weight is 419 g/mol. The first kappa shape index (κ1) is 22.4. The molecule has 0 aliphatic heterocycles. The van der Waals surface area contributed by atoms with Crippen molar-refractivity contribution in [2.75, 3.05) is 31.2 Å². The number of aromatic nitrogens is 1. The van der Waals surface area contributed by atoms with Crippen molar-refractivity contribution in [1.82, 2.24) is 9.88 Å². The van der Waals surface area contributed by atoms with E-state index < -0.39 is 18.5 Å². The van der Waals surface area contributed by atoms with Gasteiger partial charge in [0.1, 0.15) is 4.88 Å². The molecule has 0 saturated heterocycles. The largest absolute Gasteiger partial charge is 0.451 e. The molecule has 29 heavy (non-hydrogen) atoms. The van der Waals surface area contributed by atoms with Crippen molar-refractivity contribution < 1.29 is 19.1 Å². The summed E-state index contributed by atoms with van der Waals surface area (Å²) in [5, 5.41) is 2.99. The smallest absolute Gasteiger partial charge is 0.350 e. The number of benzene rings is 1. The van der Waals surface area contributed by atoms with Crippen LogP contribution in [-0.4, -0.2) is 47.9 Å². The first-order valence-electron chi connectivity index (χ1n) is 9.18. The molecule has 0 bridgehead atoms. The molecule has 0 aliphatic carbocycles. The number of hydrogen-bond donors (Lipinski definition) is 2. The molecule has 2 amide bonds. The lowest BCUT2D eigenvalue weighted by Gasteiger charge is -2.17. The lowest BCUT2D eigenvalue weighted by atomic mass is 10.1. The number of hydrogen-bond acceptors (Lipinski definition) is 7. The van der Waals surface area contributed by atoms with E-state index in [1.54, 1.807) is 12.1 Å². The molecule has 0 aliphatic rings. The van der Waals surface area contributed by atoms with Gasteiger partial charge in [-0.1, -0.05) is 42.9 Å². The van der Waals surface area contributed by atoms with Crippen LogP contribution in [0.15, 0.2) is 24.3 Å². The van der Waals surface area contributed by atoms with Crippen LogP contribution in [-0.2, 0) is 20.7 Å². The third-order valence-electron chi connectivity index (χ3n) is 3.97. The van der Waals surface area contributed by atoms with E-state index in [0.717, 1.165) is 16.9 Å². The molecule has 1 aromatic carbocycles. The molecule has 0 saturated carbocycles. The number of rotatable bonds is 8. The third-order valence-corrected chi connectivity index (χ3v) is 4.88. The zero-order valence-electron chi connectivity index (χ0n) is 17.0. The van der Waals surface area contributed by atoms with Crippen LogP contribution in [0.3, 0.4) is 0 Å². The summed E-state index contributed by atoms with van der Waals surface area (Å²) in [4.78, 5) is 42.3. The minimum atomic E-state index is -0.638. The maximum atomic E-state index is 12.3. The van der Waals surface area contributed by atoms with Gasteiger partial charge in [-0.05, 0) is 31.4 Å². The molecule has 1 heterocycles. The maximum absolute atomic E-state index is 12.3. The normalized spacial score (nSPS) is 10.7. The van der Waals surface area contributed by atoms with Crippen molar-refractivity contribution >= 4 is 39.9 Å². The summed E-state index contributed by atoms with van der Waals surface area (Å²) in [6.45, 7) is 5.34. The fraction of sp³-hybridized carbons (Fsp3) is 0.400. The van der Waals surface area contributed by atoms with Gasteiger partial charge in [-0.25, -0.2) is 9.78 Å². The van der Waals surface area contributed by atoms with E-state index in [1.165, 1.54) is 11.9 Å². The highest BCUT2D eigenvalue weighted by atomic mass is 32.1. The van der Waals surface area contributed by atoms with Gasteiger partial charge < -0.3 is 20.7 Å². The first-order chi connectivity index (χ1) is 13.7. The van der Waals surface area contributed by atoms with Crippen LogP contribution < -0.4 is 11.1 Å². The van der Waals surface area contributed by atoms with Crippen LogP contribution in [0.1, 0.15) is 34.8 Å². The van der Waals surface area contributed by atoms with Gasteiger partial charge in [0.05, 0.1) is 12.2 Å². The molecule has 3 N–H and O–H groups in total. The molecule has 156 valence electrons. The Kier molecular flexibility index (Phi) is 7.72. The number of ether oxygens (including phenoxy) is 1. The number of nitrogens with two attached hydrogens (primary N) is 1. The standard InChI is InChI=1S/C20H26N4O4S/c1-12(2)9-15-18(29-20(21)23-15)19(27)28-11-17(26)24(4)10-16(25)22-14-7-5-13(3)6-8-14/h5-8,12H,9-11H2,1-4H3,(H2,21,23)(H,22,25). The molecular formula is C20H26N4O4S. The molecule has 9 heteroatoms. The second-order valence-electron chi connectivity index (χ2n) is 7.17. The number of nitrogens with zero attached hydrogens (tertiary/aromatic N) is 2. The minimum absolute atomic E-state index is 0.156. The fourth-order valence-corrected chi connectivity index (χ4v) is 3.25.